The molecule has 3 aromatic rings. The number of halogens is 1. The molecule has 0 amide bonds. The van der Waals surface area contributed by atoms with Crippen molar-refractivity contribution in [2.24, 2.45) is 0 Å². The molecule has 24 heavy (non-hydrogen) atoms. The maximum Gasteiger partial charge on any atom is 0.214 e. The SMILES string of the molecule is CCc1cc(C)n2nc(NC)c(S(=O)(=O)c3ccc(F)cc3)c2n1. The Kier molecular flexibility index (Phi) is 4.00. The number of sulfone groups is 1. The molecular weight excluding hydrogens is 331 g/mol. The van der Waals surface area contributed by atoms with Crippen molar-refractivity contribution in [1.29, 1.82) is 0 Å². The van der Waals surface area contributed by atoms with Gasteiger partial charge in [-0.25, -0.2) is 22.3 Å². The third kappa shape index (κ3) is 2.52. The maximum atomic E-state index is 13.1. The number of fused-ring (bicyclic) bond motifs is 1. The van der Waals surface area contributed by atoms with Crippen LogP contribution in [0.5, 0.6) is 0 Å². The van der Waals surface area contributed by atoms with Crippen LogP contribution in [0.1, 0.15) is 18.3 Å². The predicted octanol–water partition coefficient (Wildman–Crippen LogP) is 2.61. The number of hydrogen-bond donors (Lipinski definition) is 1. The van der Waals surface area contributed by atoms with Gasteiger partial charge in [-0.05, 0) is 43.7 Å². The molecule has 1 aromatic carbocycles. The summed E-state index contributed by atoms with van der Waals surface area (Å²) in [6.45, 7) is 3.79. The molecule has 0 spiro atoms. The van der Waals surface area contributed by atoms with Crippen LogP contribution in [0.4, 0.5) is 10.2 Å². The molecule has 0 aliphatic rings. The fourth-order valence-electron chi connectivity index (χ4n) is 2.53. The summed E-state index contributed by atoms with van der Waals surface area (Å²) in [7, 11) is -2.30. The van der Waals surface area contributed by atoms with Gasteiger partial charge in [0, 0.05) is 18.4 Å². The number of hydrogen-bond acceptors (Lipinski definition) is 5. The minimum Gasteiger partial charge on any atom is -0.370 e. The van der Waals surface area contributed by atoms with Crippen LogP contribution in [-0.4, -0.2) is 30.1 Å². The summed E-state index contributed by atoms with van der Waals surface area (Å²) in [6.07, 6.45) is 0.674. The molecule has 6 nitrogen and oxygen atoms in total. The highest BCUT2D eigenvalue weighted by atomic mass is 32.2. The Labute approximate surface area is 139 Å². The zero-order valence-corrected chi connectivity index (χ0v) is 14.4. The molecule has 0 saturated heterocycles. The van der Waals surface area contributed by atoms with Crippen molar-refractivity contribution in [2.75, 3.05) is 12.4 Å². The first-order valence-electron chi connectivity index (χ1n) is 7.46. The highest BCUT2D eigenvalue weighted by Gasteiger charge is 2.29. The Morgan fingerprint density at radius 3 is 2.50 bits per heavy atom. The Morgan fingerprint density at radius 1 is 1.25 bits per heavy atom. The van der Waals surface area contributed by atoms with Gasteiger partial charge in [-0.3, -0.25) is 0 Å². The molecular formula is C16H17FN4O2S. The number of benzene rings is 1. The first-order valence-corrected chi connectivity index (χ1v) is 8.94. The second-order valence-corrected chi connectivity index (χ2v) is 7.25. The Hall–Kier alpha value is -2.48. The summed E-state index contributed by atoms with van der Waals surface area (Å²) in [5.74, 6) is -0.284. The molecule has 0 fully saturated rings. The average molecular weight is 348 g/mol. The molecule has 2 heterocycles. The van der Waals surface area contributed by atoms with Gasteiger partial charge in [-0.2, -0.15) is 0 Å². The fourth-order valence-corrected chi connectivity index (χ4v) is 4.03. The van der Waals surface area contributed by atoms with Crippen molar-refractivity contribution in [1.82, 2.24) is 14.6 Å². The number of nitrogens with one attached hydrogen (secondary N) is 1. The molecule has 0 bridgehead atoms. The second-order valence-electron chi connectivity index (χ2n) is 5.36. The van der Waals surface area contributed by atoms with Crippen molar-refractivity contribution in [2.45, 2.75) is 30.1 Å². The number of anilines is 1. The quantitative estimate of drug-likeness (QED) is 0.734. The van der Waals surface area contributed by atoms with Gasteiger partial charge in [-0.1, -0.05) is 6.92 Å². The minimum absolute atomic E-state index is 0.00310. The molecule has 3 rings (SSSR count). The van der Waals surface area contributed by atoms with Gasteiger partial charge in [0.25, 0.3) is 0 Å². The summed E-state index contributed by atoms with van der Waals surface area (Å²) < 4.78 is 40.7. The molecule has 0 aliphatic carbocycles. The highest BCUT2D eigenvalue weighted by molar-refractivity contribution is 7.91. The van der Waals surface area contributed by atoms with Crippen LogP contribution in [0.3, 0.4) is 0 Å². The van der Waals surface area contributed by atoms with E-state index >= 15 is 0 Å². The Balaban J connectivity index is 2.35. The van der Waals surface area contributed by atoms with E-state index in [9.17, 15) is 12.8 Å². The second kappa shape index (κ2) is 5.86. The van der Waals surface area contributed by atoms with E-state index in [1.807, 2.05) is 19.9 Å². The zero-order chi connectivity index (χ0) is 17.5. The molecule has 0 aliphatic heterocycles. The van der Waals surface area contributed by atoms with Crippen molar-refractivity contribution >= 4 is 21.3 Å². The maximum absolute atomic E-state index is 13.1. The molecule has 8 heteroatoms. The van der Waals surface area contributed by atoms with Gasteiger partial charge in [0.15, 0.2) is 16.4 Å². The number of aromatic nitrogens is 3. The smallest absolute Gasteiger partial charge is 0.214 e. The van der Waals surface area contributed by atoms with Gasteiger partial charge in [0.1, 0.15) is 5.82 Å². The van der Waals surface area contributed by atoms with E-state index in [1.165, 1.54) is 16.6 Å². The van der Waals surface area contributed by atoms with E-state index in [4.69, 9.17) is 0 Å². The van der Waals surface area contributed by atoms with Crippen LogP contribution in [0.25, 0.3) is 5.65 Å². The Morgan fingerprint density at radius 2 is 1.92 bits per heavy atom. The lowest BCUT2D eigenvalue weighted by Crippen LogP contribution is -2.06. The van der Waals surface area contributed by atoms with E-state index in [0.717, 1.165) is 23.5 Å². The fraction of sp³-hybridized carbons (Fsp3) is 0.250. The lowest BCUT2D eigenvalue weighted by Gasteiger charge is -2.06. The van der Waals surface area contributed by atoms with Gasteiger partial charge >= 0.3 is 0 Å². The van der Waals surface area contributed by atoms with Gasteiger partial charge in [-0.15, -0.1) is 5.10 Å². The van der Waals surface area contributed by atoms with Crippen LogP contribution in [0.15, 0.2) is 40.1 Å². The normalized spacial score (nSPS) is 11.8. The summed E-state index contributed by atoms with van der Waals surface area (Å²) in [4.78, 5) is 4.43. The largest absolute Gasteiger partial charge is 0.370 e. The third-order valence-corrected chi connectivity index (χ3v) is 5.58. The molecule has 126 valence electrons. The lowest BCUT2D eigenvalue weighted by atomic mass is 10.3. The van der Waals surface area contributed by atoms with Crippen LogP contribution < -0.4 is 5.32 Å². The van der Waals surface area contributed by atoms with E-state index in [2.05, 4.69) is 15.4 Å². The molecule has 0 saturated carbocycles. The molecule has 0 atom stereocenters. The van der Waals surface area contributed by atoms with Crippen molar-refractivity contribution < 1.29 is 12.8 Å². The first-order chi connectivity index (χ1) is 11.4. The molecule has 1 N–H and O–H groups in total. The lowest BCUT2D eigenvalue weighted by molar-refractivity contribution is 0.595. The minimum atomic E-state index is -3.90. The van der Waals surface area contributed by atoms with Crippen LogP contribution in [0.2, 0.25) is 0 Å². The van der Waals surface area contributed by atoms with E-state index in [0.29, 0.717) is 6.42 Å². The summed E-state index contributed by atoms with van der Waals surface area (Å²) >= 11 is 0. The summed E-state index contributed by atoms with van der Waals surface area (Å²) in [5.41, 5.74) is 1.83. The standard InChI is InChI=1S/C16H17FN4O2S/c1-4-12-9-10(2)21-16(19-12)14(15(18-3)20-21)24(22,23)13-7-5-11(17)6-8-13/h5-9H,4H2,1-3H3,(H,18,20). The van der Waals surface area contributed by atoms with Crippen LogP contribution >= 0.6 is 0 Å². The summed E-state index contributed by atoms with van der Waals surface area (Å²) in [6, 6.07) is 6.59. The van der Waals surface area contributed by atoms with Crippen LogP contribution in [-0.2, 0) is 16.3 Å². The van der Waals surface area contributed by atoms with E-state index in [1.54, 1.807) is 7.05 Å². The first kappa shape index (κ1) is 16.4. The Bertz CT molecular complexity index is 1010. The van der Waals surface area contributed by atoms with Gasteiger partial charge in [0.05, 0.1) is 4.90 Å². The third-order valence-electron chi connectivity index (χ3n) is 3.77. The predicted molar refractivity (Wildman–Crippen MR) is 88.5 cm³/mol. The topological polar surface area (TPSA) is 76.4 Å². The van der Waals surface area contributed by atoms with Crippen molar-refractivity contribution in [3.05, 3.63) is 47.5 Å². The monoisotopic (exact) mass is 348 g/mol. The van der Waals surface area contributed by atoms with Crippen LogP contribution in [0, 0.1) is 12.7 Å². The van der Waals surface area contributed by atoms with E-state index in [-0.39, 0.29) is 21.3 Å². The number of aryl methyl sites for hydroxylation is 2. The van der Waals surface area contributed by atoms with Gasteiger partial charge < -0.3 is 5.32 Å². The molecule has 0 unspecified atom stereocenters. The molecule has 0 radical (unpaired) electrons. The van der Waals surface area contributed by atoms with E-state index < -0.39 is 15.7 Å². The summed E-state index contributed by atoms with van der Waals surface area (Å²) in [5, 5.41) is 7.12. The van der Waals surface area contributed by atoms with Crippen molar-refractivity contribution in [3.8, 4) is 0 Å². The molecule has 2 aromatic heterocycles. The number of nitrogens with zero attached hydrogens (tertiary/aromatic N) is 3. The highest BCUT2D eigenvalue weighted by Crippen LogP contribution is 2.31. The van der Waals surface area contributed by atoms with Crippen molar-refractivity contribution in [3.63, 3.8) is 0 Å². The zero-order valence-electron chi connectivity index (χ0n) is 13.5. The van der Waals surface area contributed by atoms with Gasteiger partial charge in [0.2, 0.25) is 9.84 Å². The number of rotatable bonds is 4. The average Bonchev–Trinajstić information content (AvgIpc) is 2.95.